The van der Waals surface area contributed by atoms with Gasteiger partial charge in [-0.2, -0.15) is 0 Å². The van der Waals surface area contributed by atoms with Crippen LogP contribution in [0.1, 0.15) is 26.2 Å². The highest BCUT2D eigenvalue weighted by atomic mass is 16.5. The van der Waals surface area contributed by atoms with Gasteiger partial charge in [0.1, 0.15) is 12.1 Å². The number of nitrogens with zero attached hydrogens (tertiary/aromatic N) is 2. The van der Waals surface area contributed by atoms with E-state index in [9.17, 15) is 9.59 Å². The van der Waals surface area contributed by atoms with E-state index in [1.807, 2.05) is 30.3 Å². The Balaban J connectivity index is 1.55. The summed E-state index contributed by atoms with van der Waals surface area (Å²) in [5.41, 5.74) is 0.874. The van der Waals surface area contributed by atoms with Crippen molar-refractivity contribution in [1.82, 2.24) is 4.90 Å². The molecule has 2 saturated heterocycles. The van der Waals surface area contributed by atoms with E-state index in [1.165, 1.54) is 4.90 Å². The number of carbonyl (C=O) groups is 2. The number of para-hydroxylation sites is 1. The fraction of sp³-hybridized carbons (Fsp3) is 0.579. The Morgan fingerprint density at radius 3 is 2.80 bits per heavy atom. The lowest BCUT2D eigenvalue weighted by atomic mass is 10.2. The molecule has 2 aliphatic heterocycles. The van der Waals surface area contributed by atoms with Crippen LogP contribution in [0.4, 0.5) is 5.69 Å². The SMILES string of the molecule is CC(OCC1CCCO1)C(=O)N(C)C1CCN(c2ccccc2)C1=O. The van der Waals surface area contributed by atoms with E-state index < -0.39 is 12.1 Å². The average Bonchev–Trinajstić information content (AvgIpc) is 3.28. The highest BCUT2D eigenvalue weighted by Crippen LogP contribution is 2.24. The Morgan fingerprint density at radius 2 is 2.12 bits per heavy atom. The van der Waals surface area contributed by atoms with E-state index in [4.69, 9.17) is 9.47 Å². The van der Waals surface area contributed by atoms with Crippen LogP contribution in [0.2, 0.25) is 0 Å². The zero-order valence-electron chi connectivity index (χ0n) is 14.9. The van der Waals surface area contributed by atoms with E-state index in [1.54, 1.807) is 18.9 Å². The molecule has 3 rings (SSSR count). The molecular formula is C19H26N2O4. The first-order valence-corrected chi connectivity index (χ1v) is 8.94. The molecule has 0 aliphatic carbocycles. The molecule has 2 heterocycles. The summed E-state index contributed by atoms with van der Waals surface area (Å²) in [6.45, 7) is 3.55. The maximum absolute atomic E-state index is 12.7. The largest absolute Gasteiger partial charge is 0.376 e. The van der Waals surface area contributed by atoms with Crippen molar-refractivity contribution < 1.29 is 19.1 Å². The molecule has 0 N–H and O–H groups in total. The summed E-state index contributed by atoms with van der Waals surface area (Å²) < 4.78 is 11.2. The molecule has 0 radical (unpaired) electrons. The summed E-state index contributed by atoms with van der Waals surface area (Å²) in [4.78, 5) is 28.6. The molecule has 0 bridgehead atoms. The van der Waals surface area contributed by atoms with Gasteiger partial charge in [-0.3, -0.25) is 9.59 Å². The highest BCUT2D eigenvalue weighted by Gasteiger charge is 2.38. The molecule has 0 saturated carbocycles. The van der Waals surface area contributed by atoms with E-state index in [0.717, 1.165) is 25.1 Å². The smallest absolute Gasteiger partial charge is 0.251 e. The van der Waals surface area contributed by atoms with Gasteiger partial charge in [-0.25, -0.2) is 0 Å². The molecule has 2 amide bonds. The minimum Gasteiger partial charge on any atom is -0.376 e. The van der Waals surface area contributed by atoms with Crippen molar-refractivity contribution in [3.05, 3.63) is 30.3 Å². The lowest BCUT2D eigenvalue weighted by Gasteiger charge is -2.27. The molecule has 2 aliphatic rings. The van der Waals surface area contributed by atoms with E-state index >= 15 is 0 Å². The Bertz CT molecular complexity index is 601. The number of rotatable bonds is 6. The number of ether oxygens (including phenoxy) is 2. The van der Waals surface area contributed by atoms with Gasteiger partial charge in [0.15, 0.2) is 0 Å². The van der Waals surface area contributed by atoms with E-state index in [2.05, 4.69) is 0 Å². The average molecular weight is 346 g/mol. The van der Waals surface area contributed by atoms with Crippen molar-refractivity contribution in [2.75, 3.05) is 31.7 Å². The topological polar surface area (TPSA) is 59.1 Å². The summed E-state index contributed by atoms with van der Waals surface area (Å²) in [6.07, 6.45) is 2.16. The van der Waals surface area contributed by atoms with E-state index in [-0.39, 0.29) is 17.9 Å². The molecule has 6 heteroatoms. The van der Waals surface area contributed by atoms with Crippen LogP contribution in [0.25, 0.3) is 0 Å². The van der Waals surface area contributed by atoms with Crippen molar-refractivity contribution in [2.45, 2.75) is 44.4 Å². The monoisotopic (exact) mass is 346 g/mol. The summed E-state index contributed by atoms with van der Waals surface area (Å²) in [7, 11) is 1.69. The quantitative estimate of drug-likeness (QED) is 0.789. The third-order valence-corrected chi connectivity index (χ3v) is 4.96. The zero-order valence-corrected chi connectivity index (χ0v) is 14.9. The maximum Gasteiger partial charge on any atom is 0.251 e. The first kappa shape index (κ1) is 17.9. The van der Waals surface area contributed by atoms with Gasteiger partial charge in [-0.05, 0) is 38.3 Å². The summed E-state index contributed by atoms with van der Waals surface area (Å²) >= 11 is 0. The summed E-state index contributed by atoms with van der Waals surface area (Å²) in [5, 5.41) is 0. The molecular weight excluding hydrogens is 320 g/mol. The van der Waals surface area contributed by atoms with Crippen molar-refractivity contribution in [3.63, 3.8) is 0 Å². The van der Waals surface area contributed by atoms with Gasteiger partial charge < -0.3 is 19.3 Å². The zero-order chi connectivity index (χ0) is 17.8. The molecule has 3 atom stereocenters. The summed E-state index contributed by atoms with van der Waals surface area (Å²) in [5.74, 6) is -0.195. The second-order valence-corrected chi connectivity index (χ2v) is 6.69. The fourth-order valence-corrected chi connectivity index (χ4v) is 3.43. The lowest BCUT2D eigenvalue weighted by molar-refractivity contribution is -0.147. The number of benzene rings is 1. The first-order valence-electron chi connectivity index (χ1n) is 8.94. The molecule has 2 fully saturated rings. The van der Waals surface area contributed by atoms with Crippen LogP contribution < -0.4 is 4.90 Å². The van der Waals surface area contributed by atoms with Crippen molar-refractivity contribution >= 4 is 17.5 Å². The number of likely N-dealkylation sites (N-methyl/N-ethyl adjacent to an activating group) is 1. The van der Waals surface area contributed by atoms with Gasteiger partial charge in [0.25, 0.3) is 5.91 Å². The van der Waals surface area contributed by atoms with Gasteiger partial charge in [-0.15, -0.1) is 0 Å². The van der Waals surface area contributed by atoms with Gasteiger partial charge >= 0.3 is 0 Å². The van der Waals surface area contributed by atoms with Crippen LogP contribution >= 0.6 is 0 Å². The van der Waals surface area contributed by atoms with Crippen molar-refractivity contribution in [3.8, 4) is 0 Å². The second kappa shape index (κ2) is 7.97. The molecule has 1 aromatic rings. The second-order valence-electron chi connectivity index (χ2n) is 6.69. The number of carbonyl (C=O) groups excluding carboxylic acids is 2. The Kier molecular flexibility index (Phi) is 5.71. The standard InChI is InChI=1S/C19H26N2O4/c1-14(25-13-16-9-6-12-24-16)18(22)20(2)17-10-11-21(19(17)23)15-7-4-3-5-8-15/h3-5,7-8,14,16-17H,6,9-13H2,1-2H3. The number of anilines is 1. The minimum atomic E-state index is -0.576. The maximum atomic E-state index is 12.7. The molecule has 3 unspecified atom stereocenters. The number of hydrogen-bond donors (Lipinski definition) is 0. The molecule has 1 aromatic carbocycles. The molecule has 25 heavy (non-hydrogen) atoms. The number of hydrogen-bond acceptors (Lipinski definition) is 4. The normalized spacial score (nSPS) is 24.6. The van der Waals surface area contributed by atoms with Gasteiger partial charge in [-0.1, -0.05) is 18.2 Å². The fourth-order valence-electron chi connectivity index (χ4n) is 3.43. The first-order chi connectivity index (χ1) is 12.1. The molecule has 136 valence electrons. The Morgan fingerprint density at radius 1 is 1.36 bits per heavy atom. The number of amides is 2. The third-order valence-electron chi connectivity index (χ3n) is 4.96. The predicted octanol–water partition coefficient (Wildman–Crippen LogP) is 1.83. The third kappa shape index (κ3) is 4.02. The Hall–Kier alpha value is -1.92. The molecule has 6 nitrogen and oxygen atoms in total. The van der Waals surface area contributed by atoms with Crippen LogP contribution in [-0.2, 0) is 19.1 Å². The molecule has 0 aromatic heterocycles. The van der Waals surface area contributed by atoms with Gasteiger partial charge in [0.05, 0.1) is 12.7 Å². The van der Waals surface area contributed by atoms with Crippen molar-refractivity contribution in [2.24, 2.45) is 0 Å². The lowest BCUT2D eigenvalue weighted by Crippen LogP contribution is -2.47. The molecule has 0 spiro atoms. The minimum absolute atomic E-state index is 0.0339. The Labute approximate surface area is 148 Å². The van der Waals surface area contributed by atoms with Gasteiger partial charge in [0.2, 0.25) is 5.91 Å². The van der Waals surface area contributed by atoms with Crippen LogP contribution in [0.15, 0.2) is 30.3 Å². The van der Waals surface area contributed by atoms with Crippen LogP contribution in [-0.4, -0.2) is 61.8 Å². The van der Waals surface area contributed by atoms with E-state index in [0.29, 0.717) is 19.6 Å². The van der Waals surface area contributed by atoms with Crippen molar-refractivity contribution in [1.29, 1.82) is 0 Å². The summed E-state index contributed by atoms with van der Waals surface area (Å²) in [6, 6.07) is 9.13. The van der Waals surface area contributed by atoms with Crippen LogP contribution in [0.3, 0.4) is 0 Å². The van der Waals surface area contributed by atoms with Gasteiger partial charge in [0, 0.05) is 25.9 Å². The van der Waals surface area contributed by atoms with Crippen LogP contribution in [0, 0.1) is 0 Å². The highest BCUT2D eigenvalue weighted by molar-refractivity contribution is 6.01. The predicted molar refractivity (Wildman–Crippen MR) is 94.4 cm³/mol. The van der Waals surface area contributed by atoms with Crippen LogP contribution in [0.5, 0.6) is 0 Å².